The van der Waals surface area contributed by atoms with E-state index in [1.807, 2.05) is 42.5 Å². The van der Waals surface area contributed by atoms with Gasteiger partial charge in [0.1, 0.15) is 0 Å². The third kappa shape index (κ3) is 4.06. The van der Waals surface area contributed by atoms with Crippen LogP contribution in [0.5, 0.6) is 11.5 Å². The van der Waals surface area contributed by atoms with Crippen LogP contribution in [0.25, 0.3) is 6.08 Å². The van der Waals surface area contributed by atoms with E-state index < -0.39 is 0 Å². The molecule has 5 nitrogen and oxygen atoms in total. The molecule has 136 valence electrons. The summed E-state index contributed by atoms with van der Waals surface area (Å²) >= 11 is 0. The first kappa shape index (κ1) is 18.0. The number of benzene rings is 2. The van der Waals surface area contributed by atoms with Gasteiger partial charge in [-0.3, -0.25) is 4.79 Å². The summed E-state index contributed by atoms with van der Waals surface area (Å²) in [5, 5.41) is 0. The summed E-state index contributed by atoms with van der Waals surface area (Å²) in [5.74, 6) is 1.20. The van der Waals surface area contributed by atoms with Crippen molar-refractivity contribution < 1.29 is 19.0 Å². The number of rotatable bonds is 6. The van der Waals surface area contributed by atoms with Crippen molar-refractivity contribution in [1.82, 2.24) is 0 Å². The molecule has 0 aliphatic carbocycles. The molecule has 1 fully saturated rings. The van der Waals surface area contributed by atoms with Gasteiger partial charge in [0.25, 0.3) is 0 Å². The fourth-order valence-corrected chi connectivity index (χ4v) is 2.96. The summed E-state index contributed by atoms with van der Waals surface area (Å²) in [7, 11) is 3.17. The normalized spacial score (nSPS) is 14.5. The van der Waals surface area contributed by atoms with Crippen LogP contribution in [0.1, 0.15) is 15.9 Å². The van der Waals surface area contributed by atoms with Gasteiger partial charge in [0, 0.05) is 29.9 Å². The Bertz CT molecular complexity index is 777. The lowest BCUT2D eigenvalue weighted by Gasteiger charge is -2.28. The number of carbonyl (C=O) groups is 1. The number of ketones is 1. The second kappa shape index (κ2) is 8.54. The number of para-hydroxylation sites is 1. The summed E-state index contributed by atoms with van der Waals surface area (Å²) in [4.78, 5) is 14.7. The smallest absolute Gasteiger partial charge is 0.185 e. The van der Waals surface area contributed by atoms with E-state index in [2.05, 4.69) is 4.90 Å². The molecule has 2 aromatic rings. The number of carbonyl (C=O) groups excluding carboxylic acids is 1. The maximum Gasteiger partial charge on any atom is 0.185 e. The lowest BCUT2D eigenvalue weighted by atomic mass is 10.1. The Hall–Kier alpha value is -2.79. The SMILES string of the molecule is COc1cccc(/C=C/C(=O)c2ccc(N3CCOCC3)cc2)c1OC. The second-order valence-corrected chi connectivity index (χ2v) is 5.93. The molecule has 0 atom stereocenters. The lowest BCUT2D eigenvalue weighted by Crippen LogP contribution is -2.36. The molecule has 0 spiro atoms. The molecule has 0 saturated carbocycles. The molecule has 0 N–H and O–H groups in total. The van der Waals surface area contributed by atoms with Gasteiger partial charge in [-0.2, -0.15) is 0 Å². The molecule has 0 unspecified atom stereocenters. The Balaban J connectivity index is 1.73. The van der Waals surface area contributed by atoms with Crippen molar-refractivity contribution in [2.75, 3.05) is 45.4 Å². The topological polar surface area (TPSA) is 48.0 Å². The molecule has 1 aliphatic heterocycles. The van der Waals surface area contributed by atoms with Crippen LogP contribution in [-0.4, -0.2) is 46.3 Å². The Labute approximate surface area is 153 Å². The van der Waals surface area contributed by atoms with Gasteiger partial charge in [-0.1, -0.05) is 12.1 Å². The minimum absolute atomic E-state index is 0.0524. The van der Waals surface area contributed by atoms with Gasteiger partial charge >= 0.3 is 0 Å². The maximum atomic E-state index is 12.5. The van der Waals surface area contributed by atoms with Crippen molar-refractivity contribution >= 4 is 17.5 Å². The van der Waals surface area contributed by atoms with Crippen LogP contribution in [-0.2, 0) is 4.74 Å². The molecular weight excluding hydrogens is 330 g/mol. The summed E-state index contributed by atoms with van der Waals surface area (Å²) < 4.78 is 16.0. The minimum atomic E-state index is -0.0524. The summed E-state index contributed by atoms with van der Waals surface area (Å²) in [5.41, 5.74) is 2.56. The van der Waals surface area contributed by atoms with Crippen molar-refractivity contribution in [2.45, 2.75) is 0 Å². The first-order valence-electron chi connectivity index (χ1n) is 8.59. The van der Waals surface area contributed by atoms with Crippen molar-refractivity contribution in [3.05, 3.63) is 59.7 Å². The van der Waals surface area contributed by atoms with Gasteiger partial charge in [-0.05, 0) is 42.5 Å². The molecule has 2 aromatic carbocycles. The van der Waals surface area contributed by atoms with Gasteiger partial charge < -0.3 is 19.1 Å². The predicted molar refractivity (Wildman–Crippen MR) is 102 cm³/mol. The number of hydrogen-bond acceptors (Lipinski definition) is 5. The average Bonchev–Trinajstić information content (AvgIpc) is 2.72. The van der Waals surface area contributed by atoms with E-state index >= 15 is 0 Å². The number of allylic oxidation sites excluding steroid dienone is 1. The molecule has 1 aliphatic rings. The van der Waals surface area contributed by atoms with Gasteiger partial charge in [0.05, 0.1) is 27.4 Å². The molecule has 26 heavy (non-hydrogen) atoms. The van der Waals surface area contributed by atoms with E-state index in [-0.39, 0.29) is 5.78 Å². The van der Waals surface area contributed by atoms with E-state index in [1.165, 1.54) is 0 Å². The van der Waals surface area contributed by atoms with Gasteiger partial charge in [0.15, 0.2) is 17.3 Å². The zero-order valence-corrected chi connectivity index (χ0v) is 15.1. The van der Waals surface area contributed by atoms with Crippen LogP contribution >= 0.6 is 0 Å². The second-order valence-electron chi connectivity index (χ2n) is 5.93. The molecule has 0 bridgehead atoms. The lowest BCUT2D eigenvalue weighted by molar-refractivity contribution is 0.104. The van der Waals surface area contributed by atoms with Crippen LogP contribution in [0.3, 0.4) is 0 Å². The van der Waals surface area contributed by atoms with Crippen LogP contribution < -0.4 is 14.4 Å². The quantitative estimate of drug-likeness (QED) is 0.588. The van der Waals surface area contributed by atoms with Crippen molar-refractivity contribution in [2.24, 2.45) is 0 Å². The number of morpholine rings is 1. The van der Waals surface area contributed by atoms with E-state index in [0.717, 1.165) is 37.6 Å². The van der Waals surface area contributed by atoms with E-state index in [4.69, 9.17) is 14.2 Å². The third-order valence-electron chi connectivity index (χ3n) is 4.38. The van der Waals surface area contributed by atoms with Crippen LogP contribution in [0.2, 0.25) is 0 Å². The highest BCUT2D eigenvalue weighted by molar-refractivity contribution is 6.07. The highest BCUT2D eigenvalue weighted by Crippen LogP contribution is 2.31. The van der Waals surface area contributed by atoms with Crippen molar-refractivity contribution in [1.29, 1.82) is 0 Å². The number of hydrogen-bond donors (Lipinski definition) is 0. The monoisotopic (exact) mass is 353 g/mol. The number of ether oxygens (including phenoxy) is 3. The van der Waals surface area contributed by atoms with E-state index in [0.29, 0.717) is 17.1 Å². The Morgan fingerprint density at radius 3 is 2.42 bits per heavy atom. The highest BCUT2D eigenvalue weighted by atomic mass is 16.5. The first-order chi connectivity index (χ1) is 12.7. The first-order valence-corrected chi connectivity index (χ1v) is 8.59. The molecule has 0 amide bonds. The molecule has 5 heteroatoms. The summed E-state index contributed by atoms with van der Waals surface area (Å²) in [6.45, 7) is 3.24. The van der Waals surface area contributed by atoms with Crippen LogP contribution in [0.15, 0.2) is 48.5 Å². The minimum Gasteiger partial charge on any atom is -0.493 e. The zero-order valence-electron chi connectivity index (χ0n) is 15.1. The Morgan fingerprint density at radius 2 is 1.77 bits per heavy atom. The van der Waals surface area contributed by atoms with Crippen molar-refractivity contribution in [3.8, 4) is 11.5 Å². The van der Waals surface area contributed by atoms with Gasteiger partial charge in [-0.15, -0.1) is 0 Å². The molecule has 3 rings (SSSR count). The largest absolute Gasteiger partial charge is 0.493 e. The van der Waals surface area contributed by atoms with Gasteiger partial charge in [-0.25, -0.2) is 0 Å². The molecular formula is C21H23NO4. The van der Waals surface area contributed by atoms with Crippen molar-refractivity contribution in [3.63, 3.8) is 0 Å². The fourth-order valence-electron chi connectivity index (χ4n) is 2.96. The fraction of sp³-hybridized carbons (Fsp3) is 0.286. The highest BCUT2D eigenvalue weighted by Gasteiger charge is 2.12. The molecule has 1 saturated heterocycles. The van der Waals surface area contributed by atoms with E-state index in [9.17, 15) is 4.79 Å². The molecule has 0 radical (unpaired) electrons. The van der Waals surface area contributed by atoms with Crippen LogP contribution in [0, 0.1) is 0 Å². The Kier molecular flexibility index (Phi) is 5.92. The van der Waals surface area contributed by atoms with Crippen LogP contribution in [0.4, 0.5) is 5.69 Å². The standard InChI is InChI=1S/C21H23NO4/c1-24-20-5-3-4-17(21(20)25-2)8-11-19(23)16-6-9-18(10-7-16)22-12-14-26-15-13-22/h3-11H,12-15H2,1-2H3/b11-8+. The Morgan fingerprint density at radius 1 is 1.04 bits per heavy atom. The zero-order chi connectivity index (χ0) is 18.4. The molecule has 1 heterocycles. The average molecular weight is 353 g/mol. The molecule has 0 aromatic heterocycles. The summed E-state index contributed by atoms with van der Waals surface area (Å²) in [6.07, 6.45) is 3.31. The predicted octanol–water partition coefficient (Wildman–Crippen LogP) is 3.44. The van der Waals surface area contributed by atoms with E-state index in [1.54, 1.807) is 26.4 Å². The van der Waals surface area contributed by atoms with Gasteiger partial charge in [0.2, 0.25) is 0 Å². The number of anilines is 1. The number of methoxy groups -OCH3 is 2. The summed E-state index contributed by atoms with van der Waals surface area (Å²) in [6, 6.07) is 13.3. The number of nitrogens with zero attached hydrogens (tertiary/aromatic N) is 1. The maximum absolute atomic E-state index is 12.5. The third-order valence-corrected chi connectivity index (χ3v) is 4.38.